The van der Waals surface area contributed by atoms with Gasteiger partial charge in [0.2, 0.25) is 0 Å². The van der Waals surface area contributed by atoms with Gasteiger partial charge in [-0.1, -0.05) is 12.1 Å². The van der Waals surface area contributed by atoms with E-state index in [0.717, 1.165) is 16.8 Å². The predicted octanol–water partition coefficient (Wildman–Crippen LogP) is 3.42. The molecule has 0 aromatic heterocycles. The van der Waals surface area contributed by atoms with Gasteiger partial charge in [0.1, 0.15) is 11.5 Å². The maximum atomic E-state index is 9.52. The fourth-order valence-corrected chi connectivity index (χ4v) is 2.12. The predicted molar refractivity (Wildman–Crippen MR) is 79.0 cm³/mol. The molecule has 0 saturated carbocycles. The maximum Gasteiger partial charge on any atom is 0.119 e. The summed E-state index contributed by atoms with van der Waals surface area (Å²) in [5.74, 6) is 0.114. The van der Waals surface area contributed by atoms with Gasteiger partial charge in [-0.25, -0.2) is 0 Å². The molecule has 0 radical (unpaired) electrons. The number of nitrogens with one attached hydrogen (secondary N) is 1. The van der Waals surface area contributed by atoms with E-state index in [9.17, 15) is 10.2 Å². The summed E-state index contributed by atoms with van der Waals surface area (Å²) >= 11 is 0. The molecule has 1 unspecified atom stereocenters. The molecule has 0 fully saturated rings. The van der Waals surface area contributed by atoms with E-state index in [2.05, 4.69) is 5.32 Å². The van der Waals surface area contributed by atoms with Crippen LogP contribution >= 0.6 is 0 Å². The van der Waals surface area contributed by atoms with E-state index in [0.29, 0.717) is 6.61 Å². The first-order valence-corrected chi connectivity index (χ1v) is 6.46. The van der Waals surface area contributed by atoms with Gasteiger partial charge in [-0.05, 0) is 42.3 Å². The molecular formula is C16H19NO3. The first-order chi connectivity index (χ1) is 9.58. The van der Waals surface area contributed by atoms with Crippen LogP contribution in [0.15, 0.2) is 42.5 Å². The number of anilines is 1. The van der Waals surface area contributed by atoms with Crippen molar-refractivity contribution < 1.29 is 14.9 Å². The van der Waals surface area contributed by atoms with E-state index in [1.165, 1.54) is 6.07 Å². The molecule has 0 aliphatic heterocycles. The number of benzene rings is 2. The van der Waals surface area contributed by atoms with Gasteiger partial charge in [0.25, 0.3) is 0 Å². The van der Waals surface area contributed by atoms with Gasteiger partial charge < -0.3 is 20.3 Å². The molecule has 0 saturated heterocycles. The highest BCUT2D eigenvalue weighted by atomic mass is 16.5. The Morgan fingerprint density at radius 2 is 1.80 bits per heavy atom. The van der Waals surface area contributed by atoms with Crippen LogP contribution < -0.4 is 5.32 Å². The fourth-order valence-electron chi connectivity index (χ4n) is 2.12. The van der Waals surface area contributed by atoms with Gasteiger partial charge in [-0.3, -0.25) is 0 Å². The van der Waals surface area contributed by atoms with E-state index in [1.807, 2.05) is 31.2 Å². The fraction of sp³-hybridized carbons (Fsp3) is 0.250. The minimum atomic E-state index is -0.0363. The summed E-state index contributed by atoms with van der Waals surface area (Å²) in [5.41, 5.74) is 2.87. The van der Waals surface area contributed by atoms with Crippen LogP contribution in [0, 0.1) is 0 Å². The van der Waals surface area contributed by atoms with Crippen LogP contribution in [-0.2, 0) is 11.3 Å². The summed E-state index contributed by atoms with van der Waals surface area (Å²) in [5, 5.41) is 22.4. The van der Waals surface area contributed by atoms with Crippen molar-refractivity contribution in [3.8, 4) is 11.5 Å². The first kappa shape index (κ1) is 14.2. The van der Waals surface area contributed by atoms with Gasteiger partial charge in [0.15, 0.2) is 0 Å². The molecule has 0 aliphatic rings. The van der Waals surface area contributed by atoms with E-state index < -0.39 is 0 Å². The minimum absolute atomic E-state index is 0.0363. The molecule has 1 atom stereocenters. The Bertz CT molecular complexity index is 563. The summed E-state index contributed by atoms with van der Waals surface area (Å²) in [6.07, 6.45) is 0. The zero-order chi connectivity index (χ0) is 14.5. The van der Waals surface area contributed by atoms with Gasteiger partial charge in [-0.2, -0.15) is 0 Å². The number of hydrogen-bond donors (Lipinski definition) is 3. The second-order valence-corrected chi connectivity index (χ2v) is 4.78. The Balaban J connectivity index is 2.14. The van der Waals surface area contributed by atoms with Crippen LogP contribution in [-0.4, -0.2) is 17.3 Å². The van der Waals surface area contributed by atoms with Crippen molar-refractivity contribution >= 4 is 5.69 Å². The maximum absolute atomic E-state index is 9.52. The second-order valence-electron chi connectivity index (χ2n) is 4.78. The van der Waals surface area contributed by atoms with Crippen LogP contribution in [0.5, 0.6) is 11.5 Å². The third-order valence-electron chi connectivity index (χ3n) is 3.05. The molecule has 0 amide bonds. The molecule has 20 heavy (non-hydrogen) atoms. The average molecular weight is 273 g/mol. The number of phenolic OH excluding ortho intramolecular Hbond substituents is 2. The number of rotatable bonds is 5. The Kier molecular flexibility index (Phi) is 4.48. The molecule has 0 aliphatic carbocycles. The van der Waals surface area contributed by atoms with Gasteiger partial charge in [-0.15, -0.1) is 0 Å². The normalized spacial score (nSPS) is 12.1. The molecule has 4 heteroatoms. The van der Waals surface area contributed by atoms with Crippen molar-refractivity contribution in [2.75, 3.05) is 12.4 Å². The summed E-state index contributed by atoms with van der Waals surface area (Å²) in [4.78, 5) is 0. The van der Waals surface area contributed by atoms with Crippen LogP contribution in [0.3, 0.4) is 0 Å². The van der Waals surface area contributed by atoms with Crippen molar-refractivity contribution in [2.45, 2.75) is 19.6 Å². The molecule has 4 nitrogen and oxygen atoms in total. The third kappa shape index (κ3) is 3.65. The summed E-state index contributed by atoms with van der Waals surface area (Å²) in [7, 11) is 1.66. The summed E-state index contributed by atoms with van der Waals surface area (Å²) in [6.45, 7) is 2.54. The third-order valence-corrected chi connectivity index (χ3v) is 3.05. The van der Waals surface area contributed by atoms with Crippen LogP contribution in [0.4, 0.5) is 5.69 Å². The quantitative estimate of drug-likeness (QED) is 0.781. The topological polar surface area (TPSA) is 61.7 Å². The van der Waals surface area contributed by atoms with E-state index >= 15 is 0 Å². The van der Waals surface area contributed by atoms with Crippen molar-refractivity contribution in [2.24, 2.45) is 0 Å². The number of methoxy groups -OCH3 is 1. The molecule has 2 aromatic carbocycles. The standard InChI is InChI=1S/C16H19NO3/c1-11(13-7-15(18)9-16(19)8-13)17-14-5-3-4-12(6-14)10-20-2/h3-9,11,17-19H,10H2,1-2H3. The second kappa shape index (κ2) is 6.30. The average Bonchev–Trinajstić information content (AvgIpc) is 2.38. The van der Waals surface area contributed by atoms with Gasteiger partial charge in [0.05, 0.1) is 6.61 Å². The molecular weight excluding hydrogens is 254 g/mol. The number of ether oxygens (including phenoxy) is 1. The number of aromatic hydroxyl groups is 2. The first-order valence-electron chi connectivity index (χ1n) is 6.46. The zero-order valence-electron chi connectivity index (χ0n) is 11.6. The monoisotopic (exact) mass is 273 g/mol. The molecule has 0 spiro atoms. The molecule has 0 bridgehead atoms. The zero-order valence-corrected chi connectivity index (χ0v) is 11.6. The minimum Gasteiger partial charge on any atom is -0.508 e. The smallest absolute Gasteiger partial charge is 0.119 e. The highest BCUT2D eigenvalue weighted by molar-refractivity contribution is 5.49. The van der Waals surface area contributed by atoms with Crippen molar-refractivity contribution in [3.63, 3.8) is 0 Å². The molecule has 0 heterocycles. The Labute approximate surface area is 118 Å². The lowest BCUT2D eigenvalue weighted by Crippen LogP contribution is -2.06. The molecule has 3 N–H and O–H groups in total. The van der Waals surface area contributed by atoms with E-state index in [4.69, 9.17) is 4.74 Å². The van der Waals surface area contributed by atoms with Gasteiger partial charge >= 0.3 is 0 Å². The lowest BCUT2D eigenvalue weighted by atomic mass is 10.1. The van der Waals surface area contributed by atoms with E-state index in [1.54, 1.807) is 19.2 Å². The van der Waals surface area contributed by atoms with Crippen molar-refractivity contribution in [3.05, 3.63) is 53.6 Å². The Morgan fingerprint density at radius 3 is 2.45 bits per heavy atom. The number of phenols is 2. The van der Waals surface area contributed by atoms with Crippen molar-refractivity contribution in [1.29, 1.82) is 0 Å². The van der Waals surface area contributed by atoms with Crippen LogP contribution in [0.1, 0.15) is 24.1 Å². The number of hydrogen-bond acceptors (Lipinski definition) is 4. The van der Waals surface area contributed by atoms with Gasteiger partial charge in [0, 0.05) is 24.9 Å². The SMILES string of the molecule is COCc1cccc(NC(C)c2cc(O)cc(O)c2)c1. The van der Waals surface area contributed by atoms with Crippen LogP contribution in [0.25, 0.3) is 0 Å². The largest absolute Gasteiger partial charge is 0.508 e. The van der Waals surface area contributed by atoms with Crippen molar-refractivity contribution in [1.82, 2.24) is 0 Å². The van der Waals surface area contributed by atoms with E-state index in [-0.39, 0.29) is 17.5 Å². The Morgan fingerprint density at radius 1 is 1.10 bits per heavy atom. The summed E-state index contributed by atoms with van der Waals surface area (Å²) in [6, 6.07) is 12.5. The molecule has 2 rings (SSSR count). The lowest BCUT2D eigenvalue weighted by molar-refractivity contribution is 0.185. The highest BCUT2D eigenvalue weighted by Crippen LogP contribution is 2.27. The Hall–Kier alpha value is -2.20. The molecule has 2 aromatic rings. The highest BCUT2D eigenvalue weighted by Gasteiger charge is 2.08. The molecule has 106 valence electrons. The lowest BCUT2D eigenvalue weighted by Gasteiger charge is -2.17. The summed E-state index contributed by atoms with van der Waals surface area (Å²) < 4.78 is 5.11. The van der Waals surface area contributed by atoms with Crippen LogP contribution in [0.2, 0.25) is 0 Å².